The maximum Gasteiger partial charge on any atom is 0.137 e. The van der Waals surface area contributed by atoms with Crippen LogP contribution in [0, 0.1) is 5.41 Å². The van der Waals surface area contributed by atoms with Crippen molar-refractivity contribution in [3.8, 4) is 11.3 Å². The molecule has 0 saturated carbocycles. The number of benzene rings is 1. The van der Waals surface area contributed by atoms with Crippen molar-refractivity contribution in [1.82, 2.24) is 9.88 Å². The van der Waals surface area contributed by atoms with Crippen LogP contribution in [0.5, 0.6) is 0 Å². The molecule has 1 aromatic heterocycles. The summed E-state index contributed by atoms with van der Waals surface area (Å²) in [7, 11) is 2.08. The molecular weight excluding hydrogens is 376 g/mol. The van der Waals surface area contributed by atoms with E-state index in [0.717, 1.165) is 54.5 Å². The average molecular weight is 411 g/mol. The van der Waals surface area contributed by atoms with Gasteiger partial charge in [-0.25, -0.2) is 4.98 Å². The summed E-state index contributed by atoms with van der Waals surface area (Å²) in [6, 6.07) is 10.8. The topological polar surface area (TPSA) is 90.5 Å². The van der Waals surface area contributed by atoms with Crippen LogP contribution in [-0.2, 0) is 11.3 Å². The van der Waals surface area contributed by atoms with Gasteiger partial charge in [0.1, 0.15) is 5.82 Å². The zero-order chi connectivity index (χ0) is 21.5. The highest BCUT2D eigenvalue weighted by atomic mass is 16.5. The van der Waals surface area contributed by atoms with Crippen LogP contribution in [0.1, 0.15) is 25.0 Å². The van der Waals surface area contributed by atoms with Crippen LogP contribution in [0.25, 0.3) is 11.3 Å². The van der Waals surface area contributed by atoms with E-state index in [1.807, 2.05) is 0 Å². The largest absolute Gasteiger partial charge is 0.378 e. The number of ether oxygens (including phenoxy) is 1. The second-order valence-corrected chi connectivity index (χ2v) is 8.06. The number of nitrogens with zero attached hydrogens (tertiary/aromatic N) is 3. The molecule has 2 aromatic rings. The van der Waals surface area contributed by atoms with Crippen LogP contribution < -0.4 is 16.0 Å². The Kier molecular flexibility index (Phi) is 7.79. The van der Waals surface area contributed by atoms with Crippen LogP contribution in [0.15, 0.2) is 30.3 Å². The molecule has 0 unspecified atom stereocenters. The van der Waals surface area contributed by atoms with Gasteiger partial charge in [-0.05, 0) is 38.6 Å². The summed E-state index contributed by atoms with van der Waals surface area (Å²) in [5.74, 6) is 0.754. The first-order valence-corrected chi connectivity index (χ1v) is 10.6. The number of hydrogen-bond donors (Lipinski definition) is 3. The lowest BCUT2D eigenvalue weighted by atomic mass is 10.0. The number of anilines is 2. The Balaban J connectivity index is 2.02. The fourth-order valence-electron chi connectivity index (χ4n) is 3.72. The second-order valence-electron chi connectivity index (χ2n) is 8.06. The minimum Gasteiger partial charge on any atom is -0.378 e. The summed E-state index contributed by atoms with van der Waals surface area (Å²) < 4.78 is 5.53. The van der Waals surface area contributed by atoms with Crippen molar-refractivity contribution in [2.45, 2.75) is 26.4 Å². The number of pyridine rings is 1. The number of rotatable bonds is 9. The van der Waals surface area contributed by atoms with Crippen LogP contribution in [-0.4, -0.2) is 68.6 Å². The Bertz CT molecular complexity index is 848. The number of hydrogen-bond acceptors (Lipinski definition) is 7. The van der Waals surface area contributed by atoms with E-state index in [1.165, 1.54) is 11.8 Å². The lowest BCUT2D eigenvalue weighted by Gasteiger charge is -2.31. The minimum absolute atomic E-state index is 0.222. The van der Waals surface area contributed by atoms with Gasteiger partial charge < -0.3 is 31.0 Å². The number of aromatic nitrogens is 1. The highest BCUT2D eigenvalue weighted by Crippen LogP contribution is 2.32. The zero-order valence-electron chi connectivity index (χ0n) is 18.3. The van der Waals surface area contributed by atoms with Gasteiger partial charge in [0.2, 0.25) is 0 Å². The molecule has 3 rings (SSSR count). The molecule has 0 atom stereocenters. The molecule has 1 aromatic carbocycles. The van der Waals surface area contributed by atoms with Gasteiger partial charge in [-0.15, -0.1) is 0 Å². The lowest BCUT2D eigenvalue weighted by Crippen LogP contribution is -2.37. The van der Waals surface area contributed by atoms with Crippen LogP contribution >= 0.6 is 0 Å². The highest BCUT2D eigenvalue weighted by molar-refractivity contribution is 5.94. The Morgan fingerprint density at radius 1 is 1.30 bits per heavy atom. The number of likely N-dealkylation sites (N-methyl/N-ethyl adjacent to an activating group) is 1. The number of nitrogens with one attached hydrogen (secondary N) is 2. The summed E-state index contributed by atoms with van der Waals surface area (Å²) >= 11 is 0. The molecular formula is C23H34N6O. The van der Waals surface area contributed by atoms with Gasteiger partial charge in [0.05, 0.1) is 30.2 Å². The quantitative estimate of drug-likeness (QED) is 0.551. The van der Waals surface area contributed by atoms with Crippen molar-refractivity contribution < 1.29 is 4.74 Å². The molecule has 1 saturated heterocycles. The van der Waals surface area contributed by atoms with Gasteiger partial charge in [0.15, 0.2) is 0 Å². The van der Waals surface area contributed by atoms with Gasteiger partial charge in [0.25, 0.3) is 0 Å². The maximum absolute atomic E-state index is 8.04. The van der Waals surface area contributed by atoms with E-state index in [4.69, 9.17) is 20.9 Å². The smallest absolute Gasteiger partial charge is 0.137 e. The third-order valence-electron chi connectivity index (χ3n) is 5.14. The summed E-state index contributed by atoms with van der Waals surface area (Å²) in [4.78, 5) is 9.42. The molecule has 1 aliphatic rings. The van der Waals surface area contributed by atoms with Crippen LogP contribution in [0.3, 0.4) is 0 Å². The predicted molar refractivity (Wildman–Crippen MR) is 125 cm³/mol. The third-order valence-corrected chi connectivity index (χ3v) is 5.14. The fourth-order valence-corrected chi connectivity index (χ4v) is 3.72. The standard InChI is InChI=1S/C23H34N6O/c1-17(2)26-23-20(15-25)22(29-9-11-30-12-10-29)14-21(27-23)19-6-4-5-18(13-19)16-28(3)8-7-24/h4-6,13-15,17,25H,7-12,16,24H2,1-3H3,(H,26,27). The van der Waals surface area contributed by atoms with Gasteiger partial charge in [-0.3, -0.25) is 0 Å². The monoisotopic (exact) mass is 410 g/mol. The molecule has 4 N–H and O–H groups in total. The number of nitrogens with two attached hydrogens (primary N) is 1. The summed E-state index contributed by atoms with van der Waals surface area (Å²) in [5, 5.41) is 11.5. The van der Waals surface area contributed by atoms with Gasteiger partial charge in [-0.2, -0.15) is 0 Å². The normalized spacial score (nSPS) is 14.4. The summed E-state index contributed by atoms with van der Waals surface area (Å²) in [6.07, 6.45) is 1.41. The van der Waals surface area contributed by atoms with E-state index in [0.29, 0.717) is 19.8 Å². The van der Waals surface area contributed by atoms with Gasteiger partial charge in [-0.1, -0.05) is 18.2 Å². The Morgan fingerprint density at radius 2 is 2.07 bits per heavy atom. The van der Waals surface area contributed by atoms with E-state index in [9.17, 15) is 0 Å². The van der Waals surface area contributed by atoms with E-state index in [1.54, 1.807) is 0 Å². The van der Waals surface area contributed by atoms with Crippen molar-refractivity contribution in [2.24, 2.45) is 5.73 Å². The van der Waals surface area contributed by atoms with Crippen molar-refractivity contribution in [3.63, 3.8) is 0 Å². The molecule has 30 heavy (non-hydrogen) atoms. The first-order valence-electron chi connectivity index (χ1n) is 10.6. The molecule has 0 amide bonds. The SMILES string of the molecule is CC(C)Nc1nc(-c2cccc(CN(C)CCN)c2)cc(N2CCOCC2)c1C=N. The minimum atomic E-state index is 0.222. The molecule has 1 fully saturated rings. The maximum atomic E-state index is 8.04. The van der Waals surface area contributed by atoms with E-state index in [-0.39, 0.29) is 6.04 Å². The third kappa shape index (κ3) is 5.56. The molecule has 7 heteroatoms. The molecule has 0 radical (unpaired) electrons. The molecule has 162 valence electrons. The summed E-state index contributed by atoms with van der Waals surface area (Å²) in [6.45, 7) is 9.56. The van der Waals surface area contributed by atoms with Gasteiger partial charge in [0, 0.05) is 50.5 Å². The molecule has 0 spiro atoms. The molecule has 1 aliphatic heterocycles. The van der Waals surface area contributed by atoms with Crippen molar-refractivity contribution in [3.05, 3.63) is 41.5 Å². The summed E-state index contributed by atoms with van der Waals surface area (Å²) in [5.41, 5.74) is 10.8. The lowest BCUT2D eigenvalue weighted by molar-refractivity contribution is 0.122. The molecule has 2 heterocycles. The van der Waals surface area contributed by atoms with Crippen molar-refractivity contribution in [1.29, 1.82) is 5.41 Å². The predicted octanol–water partition coefficient (Wildman–Crippen LogP) is 2.79. The Hall–Kier alpha value is -2.48. The van der Waals surface area contributed by atoms with Crippen molar-refractivity contribution >= 4 is 17.7 Å². The van der Waals surface area contributed by atoms with Crippen LogP contribution in [0.4, 0.5) is 11.5 Å². The number of morpholine rings is 1. The average Bonchev–Trinajstić information content (AvgIpc) is 2.73. The van der Waals surface area contributed by atoms with Gasteiger partial charge >= 0.3 is 0 Å². The van der Waals surface area contributed by atoms with Crippen LogP contribution in [0.2, 0.25) is 0 Å². The first kappa shape index (κ1) is 22.2. The fraction of sp³-hybridized carbons (Fsp3) is 0.478. The second kappa shape index (κ2) is 10.5. The van der Waals surface area contributed by atoms with E-state index >= 15 is 0 Å². The van der Waals surface area contributed by atoms with Crippen molar-refractivity contribution in [2.75, 3.05) is 56.7 Å². The molecule has 0 aliphatic carbocycles. The van der Waals surface area contributed by atoms with E-state index < -0.39 is 0 Å². The zero-order valence-corrected chi connectivity index (χ0v) is 18.3. The van der Waals surface area contributed by atoms with E-state index in [2.05, 4.69) is 66.3 Å². The molecule has 0 bridgehead atoms. The highest BCUT2D eigenvalue weighted by Gasteiger charge is 2.20. The Labute approximate surface area is 179 Å². The molecule has 7 nitrogen and oxygen atoms in total. The Morgan fingerprint density at radius 3 is 2.73 bits per heavy atom. The first-order chi connectivity index (χ1) is 14.5.